The van der Waals surface area contributed by atoms with Crippen LogP contribution in [0.3, 0.4) is 0 Å². The summed E-state index contributed by atoms with van der Waals surface area (Å²) in [6.45, 7) is 1.11. The molecule has 2 aliphatic heterocycles. The molecule has 1 aromatic rings. The molecule has 0 aliphatic carbocycles. The lowest BCUT2D eigenvalue weighted by atomic mass is 9.78. The average Bonchev–Trinajstić information content (AvgIpc) is 3.03. The molecule has 2 fully saturated rings. The minimum atomic E-state index is -4.37. The number of carbonyl (C=O) groups is 2. The van der Waals surface area contributed by atoms with Crippen molar-refractivity contribution < 1.29 is 27.2 Å². The summed E-state index contributed by atoms with van der Waals surface area (Å²) in [4.78, 5) is 28.1. The van der Waals surface area contributed by atoms with Gasteiger partial charge in [-0.25, -0.2) is 4.39 Å². The van der Waals surface area contributed by atoms with E-state index < -0.39 is 30.3 Å². The highest BCUT2D eigenvalue weighted by molar-refractivity contribution is 5.86. The molecule has 2 amide bonds. The third-order valence-electron chi connectivity index (χ3n) is 5.47. The average molecular weight is 386 g/mol. The maximum Gasteiger partial charge on any atom is 0.389 e. The molecule has 2 heterocycles. The highest BCUT2D eigenvalue weighted by Gasteiger charge is 2.49. The van der Waals surface area contributed by atoms with Crippen molar-refractivity contribution in [2.45, 2.75) is 44.8 Å². The first-order valence-corrected chi connectivity index (χ1v) is 9.07. The van der Waals surface area contributed by atoms with E-state index in [1.165, 1.54) is 11.0 Å². The SMILES string of the molecule is O=C(CCC(F)(F)F)N1CC[C@@]2(CCCN(Cc3ccccc3F)C2=O)C1. The molecule has 2 saturated heterocycles. The van der Waals surface area contributed by atoms with Gasteiger partial charge in [-0.05, 0) is 25.3 Å². The molecule has 27 heavy (non-hydrogen) atoms. The molecule has 0 unspecified atom stereocenters. The highest BCUT2D eigenvalue weighted by Crippen LogP contribution is 2.41. The fourth-order valence-corrected chi connectivity index (χ4v) is 4.01. The fourth-order valence-electron chi connectivity index (χ4n) is 4.01. The van der Waals surface area contributed by atoms with Crippen LogP contribution < -0.4 is 0 Å². The first-order valence-electron chi connectivity index (χ1n) is 9.07. The predicted octanol–water partition coefficient (Wildman–Crippen LogP) is 3.51. The molecule has 0 aromatic heterocycles. The van der Waals surface area contributed by atoms with Crippen LogP contribution in [-0.4, -0.2) is 47.4 Å². The van der Waals surface area contributed by atoms with Crippen LogP contribution in [0.1, 0.15) is 37.7 Å². The molecule has 0 N–H and O–H groups in total. The normalized spacial score (nSPS) is 23.3. The molecule has 0 bridgehead atoms. The summed E-state index contributed by atoms with van der Waals surface area (Å²) in [5.41, 5.74) is -0.323. The van der Waals surface area contributed by atoms with Gasteiger partial charge in [0.2, 0.25) is 11.8 Å². The van der Waals surface area contributed by atoms with Crippen LogP contribution in [0.25, 0.3) is 0 Å². The van der Waals surface area contributed by atoms with Crippen LogP contribution in [0.5, 0.6) is 0 Å². The van der Waals surface area contributed by atoms with Crippen molar-refractivity contribution in [1.29, 1.82) is 0 Å². The van der Waals surface area contributed by atoms with Crippen molar-refractivity contribution in [2.75, 3.05) is 19.6 Å². The molecule has 0 saturated carbocycles. The van der Waals surface area contributed by atoms with Crippen molar-refractivity contribution in [3.05, 3.63) is 35.6 Å². The Bertz CT molecular complexity index is 722. The van der Waals surface area contributed by atoms with E-state index in [0.717, 1.165) is 6.42 Å². The van der Waals surface area contributed by atoms with E-state index in [2.05, 4.69) is 0 Å². The van der Waals surface area contributed by atoms with Crippen molar-refractivity contribution in [1.82, 2.24) is 9.80 Å². The molecule has 3 rings (SSSR count). The molecule has 1 aromatic carbocycles. The third kappa shape index (κ3) is 4.42. The van der Waals surface area contributed by atoms with E-state index in [9.17, 15) is 27.2 Å². The lowest BCUT2D eigenvalue weighted by Crippen LogP contribution is -2.50. The Balaban J connectivity index is 1.65. The Hall–Kier alpha value is -2.12. The van der Waals surface area contributed by atoms with E-state index in [0.29, 0.717) is 24.9 Å². The first-order chi connectivity index (χ1) is 12.7. The number of rotatable bonds is 4. The summed E-state index contributed by atoms with van der Waals surface area (Å²) < 4.78 is 50.9. The van der Waals surface area contributed by atoms with Gasteiger partial charge >= 0.3 is 6.18 Å². The van der Waals surface area contributed by atoms with Crippen molar-refractivity contribution in [3.8, 4) is 0 Å². The van der Waals surface area contributed by atoms with Gasteiger partial charge in [0.1, 0.15) is 5.82 Å². The third-order valence-corrected chi connectivity index (χ3v) is 5.47. The Labute approximate surface area is 155 Å². The van der Waals surface area contributed by atoms with Gasteiger partial charge in [-0.2, -0.15) is 13.2 Å². The number of carbonyl (C=O) groups excluding carboxylic acids is 2. The van der Waals surface area contributed by atoms with Gasteiger partial charge in [0.05, 0.1) is 11.8 Å². The lowest BCUT2D eigenvalue weighted by Gasteiger charge is -2.39. The van der Waals surface area contributed by atoms with Gasteiger partial charge < -0.3 is 9.80 Å². The number of benzene rings is 1. The maximum absolute atomic E-state index is 13.9. The predicted molar refractivity (Wildman–Crippen MR) is 90.0 cm³/mol. The molecular formula is C19H22F4N2O2. The van der Waals surface area contributed by atoms with E-state index in [-0.39, 0.29) is 31.4 Å². The molecule has 1 spiro atoms. The molecule has 8 heteroatoms. The number of likely N-dealkylation sites (tertiary alicyclic amines) is 2. The summed E-state index contributed by atoms with van der Waals surface area (Å²) in [5.74, 6) is -1.08. The number of piperidine rings is 1. The standard InChI is InChI=1S/C19H22F4N2O2/c20-15-5-2-1-4-14(15)12-24-10-3-7-18(17(24)27)9-11-25(13-18)16(26)6-8-19(21,22)23/h1-2,4-5H,3,6-13H2/t18-/m0/s1. The first kappa shape index (κ1) is 19.6. The second-order valence-electron chi connectivity index (χ2n) is 7.38. The number of amides is 2. The molecule has 1 atom stereocenters. The maximum atomic E-state index is 13.9. The van der Waals surface area contributed by atoms with Crippen LogP contribution in [0.2, 0.25) is 0 Å². The van der Waals surface area contributed by atoms with Crippen LogP contribution in [-0.2, 0) is 16.1 Å². The van der Waals surface area contributed by atoms with E-state index in [4.69, 9.17) is 0 Å². The zero-order chi connectivity index (χ0) is 19.7. The monoisotopic (exact) mass is 386 g/mol. The zero-order valence-electron chi connectivity index (χ0n) is 14.9. The summed E-state index contributed by atoms with van der Waals surface area (Å²) in [7, 11) is 0. The molecule has 148 valence electrons. The lowest BCUT2D eigenvalue weighted by molar-refractivity contribution is -0.151. The fraction of sp³-hybridized carbons (Fsp3) is 0.579. The number of alkyl halides is 3. The molecule has 4 nitrogen and oxygen atoms in total. The number of halogens is 4. The highest BCUT2D eigenvalue weighted by atomic mass is 19.4. The van der Waals surface area contributed by atoms with E-state index in [1.54, 1.807) is 23.1 Å². The number of hydrogen-bond donors (Lipinski definition) is 0. The summed E-state index contributed by atoms with van der Waals surface area (Å²) >= 11 is 0. The summed E-state index contributed by atoms with van der Waals surface area (Å²) in [6, 6.07) is 6.26. The van der Waals surface area contributed by atoms with Crippen molar-refractivity contribution in [3.63, 3.8) is 0 Å². The Morgan fingerprint density at radius 2 is 1.89 bits per heavy atom. The Morgan fingerprint density at radius 1 is 1.15 bits per heavy atom. The van der Waals surface area contributed by atoms with Gasteiger partial charge in [0.15, 0.2) is 0 Å². The van der Waals surface area contributed by atoms with Crippen LogP contribution in [0.15, 0.2) is 24.3 Å². The van der Waals surface area contributed by atoms with Crippen LogP contribution in [0, 0.1) is 11.2 Å². The summed E-state index contributed by atoms with van der Waals surface area (Å²) in [6.07, 6.45) is -4.34. The van der Waals surface area contributed by atoms with E-state index in [1.807, 2.05) is 0 Å². The van der Waals surface area contributed by atoms with Gasteiger partial charge in [0, 0.05) is 38.2 Å². The van der Waals surface area contributed by atoms with Gasteiger partial charge in [-0.1, -0.05) is 18.2 Å². The molecular weight excluding hydrogens is 364 g/mol. The minimum Gasteiger partial charge on any atom is -0.342 e. The van der Waals surface area contributed by atoms with Gasteiger partial charge in [-0.3, -0.25) is 9.59 Å². The number of nitrogens with zero attached hydrogens (tertiary/aromatic N) is 2. The quantitative estimate of drug-likeness (QED) is 0.743. The van der Waals surface area contributed by atoms with Gasteiger partial charge in [0.25, 0.3) is 0 Å². The van der Waals surface area contributed by atoms with E-state index >= 15 is 0 Å². The van der Waals surface area contributed by atoms with Crippen molar-refractivity contribution in [2.24, 2.45) is 5.41 Å². The Morgan fingerprint density at radius 3 is 2.59 bits per heavy atom. The molecule has 2 aliphatic rings. The van der Waals surface area contributed by atoms with Crippen molar-refractivity contribution >= 4 is 11.8 Å². The van der Waals surface area contributed by atoms with Gasteiger partial charge in [-0.15, -0.1) is 0 Å². The minimum absolute atomic E-state index is 0.136. The number of hydrogen-bond acceptors (Lipinski definition) is 2. The Kier molecular flexibility index (Phi) is 5.44. The topological polar surface area (TPSA) is 40.6 Å². The van der Waals surface area contributed by atoms with Crippen LogP contribution in [0.4, 0.5) is 17.6 Å². The smallest absolute Gasteiger partial charge is 0.342 e. The molecule has 0 radical (unpaired) electrons. The second-order valence-corrected chi connectivity index (χ2v) is 7.38. The summed E-state index contributed by atoms with van der Waals surface area (Å²) in [5, 5.41) is 0. The van der Waals surface area contributed by atoms with Crippen LogP contribution >= 0.6 is 0 Å². The second kappa shape index (κ2) is 7.48. The largest absolute Gasteiger partial charge is 0.389 e. The zero-order valence-corrected chi connectivity index (χ0v) is 14.9.